The van der Waals surface area contributed by atoms with Gasteiger partial charge < -0.3 is 4.90 Å². The third-order valence-corrected chi connectivity index (χ3v) is 4.76. The number of amides is 1. The van der Waals surface area contributed by atoms with Gasteiger partial charge in [-0.1, -0.05) is 49.5 Å². The number of hydrogen-bond acceptors (Lipinski definition) is 1. The van der Waals surface area contributed by atoms with Gasteiger partial charge in [-0.2, -0.15) is 0 Å². The fourth-order valence-electron chi connectivity index (χ4n) is 2.02. The van der Waals surface area contributed by atoms with Gasteiger partial charge in [0, 0.05) is 22.6 Å². The van der Waals surface area contributed by atoms with Crippen molar-refractivity contribution in [1.82, 2.24) is 0 Å². The lowest BCUT2D eigenvalue weighted by molar-refractivity contribution is -0.116. The molecule has 2 atom stereocenters. The zero-order valence-corrected chi connectivity index (χ0v) is 13.0. The molecule has 5 heteroatoms. The minimum atomic E-state index is -0.0842. The SMILES string of the molecule is O=C1C(Br)C(CCBr)CN1c1cccc(Cl)c1. The Kier molecular flexibility index (Phi) is 4.50. The topological polar surface area (TPSA) is 20.3 Å². The summed E-state index contributed by atoms with van der Waals surface area (Å²) >= 11 is 12.9. The smallest absolute Gasteiger partial charge is 0.241 e. The van der Waals surface area contributed by atoms with Crippen LogP contribution in [0, 0.1) is 5.92 Å². The molecule has 92 valence electrons. The molecule has 0 radical (unpaired) electrons. The second-order valence-corrected chi connectivity index (χ2v) is 6.28. The van der Waals surface area contributed by atoms with Crippen molar-refractivity contribution in [2.75, 3.05) is 16.8 Å². The average molecular weight is 381 g/mol. The predicted molar refractivity (Wildman–Crippen MR) is 78.4 cm³/mol. The number of anilines is 1. The van der Waals surface area contributed by atoms with Crippen molar-refractivity contribution in [2.45, 2.75) is 11.2 Å². The summed E-state index contributed by atoms with van der Waals surface area (Å²) in [5, 5.41) is 1.57. The molecule has 1 amide bonds. The molecule has 1 heterocycles. The van der Waals surface area contributed by atoms with E-state index < -0.39 is 0 Å². The van der Waals surface area contributed by atoms with Gasteiger partial charge in [0.15, 0.2) is 0 Å². The maximum absolute atomic E-state index is 12.1. The van der Waals surface area contributed by atoms with Gasteiger partial charge in [0.1, 0.15) is 0 Å². The second kappa shape index (κ2) is 5.72. The number of alkyl halides is 2. The Morgan fingerprint density at radius 1 is 1.47 bits per heavy atom. The number of rotatable bonds is 3. The van der Waals surface area contributed by atoms with Crippen LogP contribution in [0.15, 0.2) is 24.3 Å². The molecule has 0 bridgehead atoms. The largest absolute Gasteiger partial charge is 0.311 e. The van der Waals surface area contributed by atoms with E-state index in [-0.39, 0.29) is 10.7 Å². The zero-order chi connectivity index (χ0) is 12.4. The van der Waals surface area contributed by atoms with E-state index in [0.29, 0.717) is 10.9 Å². The molecule has 2 unspecified atom stereocenters. The van der Waals surface area contributed by atoms with E-state index in [4.69, 9.17) is 11.6 Å². The van der Waals surface area contributed by atoms with Crippen LogP contribution in [0.4, 0.5) is 5.69 Å². The van der Waals surface area contributed by atoms with Crippen LogP contribution in [-0.2, 0) is 4.79 Å². The normalized spacial score (nSPS) is 24.4. The molecule has 0 aromatic heterocycles. The van der Waals surface area contributed by atoms with Gasteiger partial charge in [-0.05, 0) is 30.5 Å². The van der Waals surface area contributed by atoms with Gasteiger partial charge in [-0.25, -0.2) is 0 Å². The Bertz CT molecular complexity index is 427. The number of benzene rings is 1. The Morgan fingerprint density at radius 2 is 2.24 bits per heavy atom. The molecule has 0 saturated carbocycles. The molecule has 2 rings (SSSR count). The molecule has 2 nitrogen and oxygen atoms in total. The quantitative estimate of drug-likeness (QED) is 0.729. The van der Waals surface area contributed by atoms with Crippen LogP contribution >= 0.6 is 43.5 Å². The minimum absolute atomic E-state index is 0.0842. The van der Waals surface area contributed by atoms with E-state index in [0.717, 1.165) is 24.0 Å². The third kappa shape index (κ3) is 2.85. The molecule has 17 heavy (non-hydrogen) atoms. The molecular formula is C12H12Br2ClNO. The fraction of sp³-hybridized carbons (Fsp3) is 0.417. The summed E-state index contributed by atoms with van der Waals surface area (Å²) in [6.07, 6.45) is 0.985. The van der Waals surface area contributed by atoms with Gasteiger partial charge in [0.05, 0.1) is 4.83 Å². The van der Waals surface area contributed by atoms with Crippen LogP contribution in [0.1, 0.15) is 6.42 Å². The van der Waals surface area contributed by atoms with Crippen molar-refractivity contribution in [3.05, 3.63) is 29.3 Å². The summed E-state index contributed by atoms with van der Waals surface area (Å²) < 4.78 is 0. The van der Waals surface area contributed by atoms with Crippen molar-refractivity contribution in [3.63, 3.8) is 0 Å². The first-order valence-electron chi connectivity index (χ1n) is 5.40. The summed E-state index contributed by atoms with van der Waals surface area (Å²) in [4.78, 5) is 13.8. The summed E-state index contributed by atoms with van der Waals surface area (Å²) in [7, 11) is 0. The van der Waals surface area contributed by atoms with E-state index >= 15 is 0 Å². The number of hydrogen-bond donors (Lipinski definition) is 0. The highest BCUT2D eigenvalue weighted by Crippen LogP contribution is 2.32. The van der Waals surface area contributed by atoms with Gasteiger partial charge in [-0.15, -0.1) is 0 Å². The Balaban J connectivity index is 2.20. The average Bonchev–Trinajstić information content (AvgIpc) is 2.58. The predicted octanol–water partition coefficient (Wildman–Crippen LogP) is 3.85. The minimum Gasteiger partial charge on any atom is -0.311 e. The summed E-state index contributed by atoms with van der Waals surface area (Å²) in [5.41, 5.74) is 0.879. The van der Waals surface area contributed by atoms with E-state index in [1.54, 1.807) is 4.90 Å². The molecule has 1 fully saturated rings. The molecule has 0 aliphatic carbocycles. The zero-order valence-electron chi connectivity index (χ0n) is 9.07. The molecule has 1 aromatic carbocycles. The molecule has 0 N–H and O–H groups in total. The lowest BCUT2D eigenvalue weighted by Gasteiger charge is -2.16. The Morgan fingerprint density at radius 3 is 2.88 bits per heavy atom. The highest BCUT2D eigenvalue weighted by molar-refractivity contribution is 9.10. The monoisotopic (exact) mass is 379 g/mol. The maximum atomic E-state index is 12.1. The molecule has 1 aliphatic heterocycles. The second-order valence-electron chi connectivity index (χ2n) is 4.07. The number of carbonyl (C=O) groups excluding carboxylic acids is 1. The van der Waals surface area contributed by atoms with Crippen LogP contribution < -0.4 is 4.90 Å². The van der Waals surface area contributed by atoms with Gasteiger partial charge in [0.2, 0.25) is 5.91 Å². The van der Waals surface area contributed by atoms with Crippen molar-refractivity contribution in [2.24, 2.45) is 5.92 Å². The molecular weight excluding hydrogens is 369 g/mol. The van der Waals surface area contributed by atoms with Crippen molar-refractivity contribution < 1.29 is 4.79 Å². The van der Waals surface area contributed by atoms with Crippen molar-refractivity contribution in [3.8, 4) is 0 Å². The van der Waals surface area contributed by atoms with Crippen LogP contribution in [-0.4, -0.2) is 22.6 Å². The van der Waals surface area contributed by atoms with E-state index in [2.05, 4.69) is 31.9 Å². The fourth-order valence-corrected chi connectivity index (χ4v) is 3.47. The summed E-state index contributed by atoms with van der Waals surface area (Å²) in [6, 6.07) is 7.43. The van der Waals surface area contributed by atoms with Crippen LogP contribution in [0.3, 0.4) is 0 Å². The number of carbonyl (C=O) groups is 1. The van der Waals surface area contributed by atoms with Crippen molar-refractivity contribution in [1.29, 1.82) is 0 Å². The van der Waals surface area contributed by atoms with Crippen LogP contribution in [0.2, 0.25) is 5.02 Å². The highest BCUT2D eigenvalue weighted by atomic mass is 79.9. The Hall–Kier alpha value is -0.0600. The first kappa shape index (κ1) is 13.4. The molecule has 0 spiro atoms. The molecule has 1 saturated heterocycles. The molecule has 1 aliphatic rings. The first-order chi connectivity index (χ1) is 8.13. The van der Waals surface area contributed by atoms with Crippen LogP contribution in [0.5, 0.6) is 0 Å². The third-order valence-electron chi connectivity index (χ3n) is 2.93. The van der Waals surface area contributed by atoms with E-state index in [9.17, 15) is 4.79 Å². The molecule has 1 aromatic rings. The van der Waals surface area contributed by atoms with E-state index in [1.165, 1.54) is 0 Å². The summed E-state index contributed by atoms with van der Waals surface area (Å²) in [6.45, 7) is 0.751. The van der Waals surface area contributed by atoms with Gasteiger partial charge in [-0.3, -0.25) is 4.79 Å². The number of halogens is 3. The van der Waals surface area contributed by atoms with Crippen molar-refractivity contribution >= 4 is 55.1 Å². The standard InChI is InChI=1S/C12H12Br2ClNO/c13-5-4-8-7-16(12(17)11(8)14)10-3-1-2-9(15)6-10/h1-3,6,8,11H,4-5,7H2. The highest BCUT2D eigenvalue weighted by Gasteiger charge is 2.38. The first-order valence-corrected chi connectivity index (χ1v) is 7.82. The number of nitrogens with zero attached hydrogens (tertiary/aromatic N) is 1. The van der Waals surface area contributed by atoms with Gasteiger partial charge >= 0.3 is 0 Å². The van der Waals surface area contributed by atoms with E-state index in [1.807, 2.05) is 24.3 Å². The maximum Gasteiger partial charge on any atom is 0.241 e. The Labute approximate surface area is 123 Å². The lowest BCUT2D eigenvalue weighted by Crippen LogP contribution is -2.26. The summed E-state index contributed by atoms with van der Waals surface area (Å²) in [5.74, 6) is 0.471. The van der Waals surface area contributed by atoms with Crippen LogP contribution in [0.25, 0.3) is 0 Å². The van der Waals surface area contributed by atoms with Gasteiger partial charge in [0.25, 0.3) is 0 Å². The lowest BCUT2D eigenvalue weighted by atomic mass is 10.1.